The second-order valence-electron chi connectivity index (χ2n) is 3.44. The summed E-state index contributed by atoms with van der Waals surface area (Å²) in [7, 11) is 0. The number of carbonyl (C=O) groups excluding carboxylic acids is 1. The Hall–Kier alpha value is -0.570. The molecule has 1 rings (SSSR count). The van der Waals surface area contributed by atoms with Gasteiger partial charge in [-0.3, -0.25) is 4.79 Å². The lowest BCUT2D eigenvalue weighted by atomic mass is 10.1. The molecule has 1 fully saturated rings. The number of rotatable bonds is 1. The van der Waals surface area contributed by atoms with Gasteiger partial charge in [-0.1, -0.05) is 12.8 Å². The number of amides is 1. The molecule has 12 heavy (non-hydrogen) atoms. The molecule has 70 valence electrons. The van der Waals surface area contributed by atoms with Gasteiger partial charge in [0.1, 0.15) is 6.61 Å². The first-order valence-electron chi connectivity index (χ1n) is 4.66. The molecule has 0 aromatic carbocycles. The van der Waals surface area contributed by atoms with E-state index in [0.717, 1.165) is 19.4 Å². The second kappa shape index (κ2) is 4.45. The molecule has 0 bridgehead atoms. The van der Waals surface area contributed by atoms with Gasteiger partial charge < -0.3 is 10.0 Å². The van der Waals surface area contributed by atoms with Gasteiger partial charge in [0.05, 0.1) is 0 Å². The Balaban J connectivity index is 2.52. The molecule has 1 aliphatic rings. The number of aliphatic hydroxyl groups excluding tert-OH is 1. The molecule has 0 saturated carbocycles. The van der Waals surface area contributed by atoms with Gasteiger partial charge in [-0.25, -0.2) is 0 Å². The monoisotopic (exact) mass is 171 g/mol. The minimum atomic E-state index is -0.343. The Kier molecular flexibility index (Phi) is 3.53. The van der Waals surface area contributed by atoms with Crippen LogP contribution in [-0.2, 0) is 4.79 Å². The van der Waals surface area contributed by atoms with Crippen LogP contribution in [0.5, 0.6) is 0 Å². The molecule has 1 N–H and O–H groups in total. The van der Waals surface area contributed by atoms with Gasteiger partial charge in [-0.15, -0.1) is 0 Å². The van der Waals surface area contributed by atoms with Crippen molar-refractivity contribution in [2.24, 2.45) is 0 Å². The zero-order chi connectivity index (χ0) is 8.97. The van der Waals surface area contributed by atoms with E-state index < -0.39 is 0 Å². The van der Waals surface area contributed by atoms with Crippen LogP contribution in [0.15, 0.2) is 0 Å². The zero-order valence-corrected chi connectivity index (χ0v) is 7.62. The van der Waals surface area contributed by atoms with Crippen LogP contribution in [0.1, 0.15) is 32.6 Å². The number of likely N-dealkylation sites (tertiary alicyclic amines) is 1. The van der Waals surface area contributed by atoms with E-state index >= 15 is 0 Å². The van der Waals surface area contributed by atoms with E-state index in [4.69, 9.17) is 5.11 Å². The van der Waals surface area contributed by atoms with Gasteiger partial charge in [0.2, 0.25) is 5.91 Å². The average Bonchev–Trinajstić information content (AvgIpc) is 2.28. The molecule has 1 unspecified atom stereocenters. The second-order valence-corrected chi connectivity index (χ2v) is 3.44. The summed E-state index contributed by atoms with van der Waals surface area (Å²) in [5, 5.41) is 8.71. The third-order valence-corrected chi connectivity index (χ3v) is 2.51. The third kappa shape index (κ3) is 2.21. The maximum Gasteiger partial charge on any atom is 0.248 e. The van der Waals surface area contributed by atoms with Gasteiger partial charge in [-0.05, 0) is 19.8 Å². The summed E-state index contributed by atoms with van der Waals surface area (Å²) in [6, 6.07) is 0.312. The van der Waals surface area contributed by atoms with Crippen LogP contribution < -0.4 is 0 Å². The number of hydrogen-bond acceptors (Lipinski definition) is 2. The van der Waals surface area contributed by atoms with Crippen molar-refractivity contribution in [1.29, 1.82) is 0 Å². The highest BCUT2D eigenvalue weighted by atomic mass is 16.3. The summed E-state index contributed by atoms with van der Waals surface area (Å²) >= 11 is 0. The van der Waals surface area contributed by atoms with Gasteiger partial charge in [0, 0.05) is 12.6 Å². The summed E-state index contributed by atoms with van der Waals surface area (Å²) in [6.45, 7) is 2.53. The van der Waals surface area contributed by atoms with E-state index in [9.17, 15) is 4.79 Å². The Bertz CT molecular complexity index is 159. The summed E-state index contributed by atoms with van der Waals surface area (Å²) in [6.07, 6.45) is 4.57. The molecule has 1 aliphatic heterocycles. The smallest absolute Gasteiger partial charge is 0.248 e. The number of nitrogens with zero attached hydrogens (tertiary/aromatic N) is 1. The highest BCUT2D eigenvalue weighted by Gasteiger charge is 2.20. The van der Waals surface area contributed by atoms with Crippen molar-refractivity contribution in [2.45, 2.75) is 38.6 Å². The first-order valence-corrected chi connectivity index (χ1v) is 4.66. The summed E-state index contributed by atoms with van der Waals surface area (Å²) in [5.74, 6) is -0.121. The van der Waals surface area contributed by atoms with Crippen molar-refractivity contribution in [3.8, 4) is 0 Å². The van der Waals surface area contributed by atoms with Gasteiger partial charge in [0.25, 0.3) is 0 Å². The standard InChI is InChI=1S/C9H17NO2/c1-8-5-3-2-4-6-10(8)9(12)7-11/h8,11H,2-7H2,1H3. The van der Waals surface area contributed by atoms with Crippen molar-refractivity contribution < 1.29 is 9.90 Å². The van der Waals surface area contributed by atoms with Crippen LogP contribution in [-0.4, -0.2) is 35.1 Å². The van der Waals surface area contributed by atoms with Crippen LogP contribution in [0.25, 0.3) is 0 Å². The molecule has 1 amide bonds. The summed E-state index contributed by atoms with van der Waals surface area (Å²) in [5.41, 5.74) is 0. The predicted molar refractivity (Wildman–Crippen MR) is 46.7 cm³/mol. The molecule has 0 aromatic rings. The van der Waals surface area contributed by atoms with Crippen LogP contribution >= 0.6 is 0 Å². The van der Waals surface area contributed by atoms with Gasteiger partial charge in [0.15, 0.2) is 0 Å². The van der Waals surface area contributed by atoms with E-state index in [1.807, 2.05) is 0 Å². The predicted octanol–water partition coefficient (Wildman–Crippen LogP) is 0.770. The molecule has 0 aliphatic carbocycles. The number of carbonyl (C=O) groups is 1. The van der Waals surface area contributed by atoms with Gasteiger partial charge in [-0.2, -0.15) is 0 Å². The molecule has 0 spiro atoms. The summed E-state index contributed by atoms with van der Waals surface area (Å²) < 4.78 is 0. The number of aliphatic hydroxyl groups is 1. The Labute approximate surface area is 73.4 Å². The highest BCUT2D eigenvalue weighted by molar-refractivity contribution is 5.77. The van der Waals surface area contributed by atoms with Crippen LogP contribution in [0.3, 0.4) is 0 Å². The first-order chi connectivity index (χ1) is 5.75. The molecule has 0 aromatic heterocycles. The molecular weight excluding hydrogens is 154 g/mol. The lowest BCUT2D eigenvalue weighted by Gasteiger charge is -2.26. The van der Waals surface area contributed by atoms with E-state index in [0.29, 0.717) is 6.04 Å². The quantitative estimate of drug-likeness (QED) is 0.633. The van der Waals surface area contributed by atoms with E-state index in [2.05, 4.69) is 6.92 Å². The first kappa shape index (κ1) is 9.52. The van der Waals surface area contributed by atoms with Crippen LogP contribution in [0, 0.1) is 0 Å². The van der Waals surface area contributed by atoms with Crippen molar-refractivity contribution in [1.82, 2.24) is 4.90 Å². The Morgan fingerprint density at radius 3 is 2.92 bits per heavy atom. The molecular formula is C9H17NO2. The minimum Gasteiger partial charge on any atom is -0.387 e. The van der Waals surface area contributed by atoms with Gasteiger partial charge >= 0.3 is 0 Å². The fraction of sp³-hybridized carbons (Fsp3) is 0.889. The lowest BCUT2D eigenvalue weighted by Crippen LogP contribution is -2.39. The fourth-order valence-corrected chi connectivity index (χ4v) is 1.74. The van der Waals surface area contributed by atoms with E-state index in [-0.39, 0.29) is 12.5 Å². The topological polar surface area (TPSA) is 40.5 Å². The molecule has 1 saturated heterocycles. The van der Waals surface area contributed by atoms with Crippen LogP contribution in [0.2, 0.25) is 0 Å². The zero-order valence-electron chi connectivity index (χ0n) is 7.62. The van der Waals surface area contributed by atoms with E-state index in [1.54, 1.807) is 4.90 Å². The largest absolute Gasteiger partial charge is 0.387 e. The Morgan fingerprint density at radius 1 is 1.50 bits per heavy atom. The average molecular weight is 171 g/mol. The highest BCUT2D eigenvalue weighted by Crippen LogP contribution is 2.15. The maximum atomic E-state index is 11.2. The molecule has 0 radical (unpaired) electrons. The number of hydrogen-bond donors (Lipinski definition) is 1. The molecule has 1 heterocycles. The molecule has 3 heteroatoms. The van der Waals surface area contributed by atoms with Crippen molar-refractivity contribution >= 4 is 5.91 Å². The van der Waals surface area contributed by atoms with Crippen molar-refractivity contribution in [3.63, 3.8) is 0 Å². The van der Waals surface area contributed by atoms with E-state index in [1.165, 1.54) is 12.8 Å². The minimum absolute atomic E-state index is 0.121. The third-order valence-electron chi connectivity index (χ3n) is 2.51. The molecule has 3 nitrogen and oxygen atoms in total. The Morgan fingerprint density at radius 2 is 2.25 bits per heavy atom. The van der Waals surface area contributed by atoms with Crippen LogP contribution in [0.4, 0.5) is 0 Å². The SMILES string of the molecule is CC1CCCCCN1C(=O)CO. The lowest BCUT2D eigenvalue weighted by molar-refractivity contribution is -0.136. The summed E-state index contributed by atoms with van der Waals surface area (Å²) in [4.78, 5) is 13.0. The fourth-order valence-electron chi connectivity index (χ4n) is 1.74. The van der Waals surface area contributed by atoms with Crippen molar-refractivity contribution in [2.75, 3.05) is 13.2 Å². The normalized spacial score (nSPS) is 25.2. The maximum absolute atomic E-state index is 11.2. The molecule has 1 atom stereocenters. The van der Waals surface area contributed by atoms with Crippen molar-refractivity contribution in [3.05, 3.63) is 0 Å².